The van der Waals surface area contributed by atoms with Gasteiger partial charge >= 0.3 is 0 Å². The molecule has 1 fully saturated rings. The van der Waals surface area contributed by atoms with Gasteiger partial charge in [0.05, 0.1) is 10.5 Å². The molecule has 1 saturated carbocycles. The Kier molecular flexibility index (Phi) is 5.07. The Morgan fingerprint density at radius 1 is 1.14 bits per heavy atom. The normalized spacial score (nSPS) is 17.9. The molecule has 0 saturated heterocycles. The predicted molar refractivity (Wildman–Crippen MR) is 83.8 cm³/mol. The third-order valence-corrected chi connectivity index (χ3v) is 5.38. The van der Waals surface area contributed by atoms with Crippen LogP contribution in [0.25, 0.3) is 0 Å². The van der Waals surface area contributed by atoms with Crippen molar-refractivity contribution in [2.45, 2.75) is 62.4 Å². The molecule has 21 heavy (non-hydrogen) atoms. The third-order valence-electron chi connectivity index (χ3n) is 3.96. The number of sulfonamides is 1. The van der Waals surface area contributed by atoms with Gasteiger partial charge in [0.15, 0.2) is 0 Å². The number of aliphatic hydroxyl groups is 1. The maximum absolute atomic E-state index is 12.1. The van der Waals surface area contributed by atoms with Crippen molar-refractivity contribution in [3.05, 3.63) is 29.8 Å². The molecule has 1 aromatic carbocycles. The van der Waals surface area contributed by atoms with E-state index in [-0.39, 0.29) is 11.4 Å². The Morgan fingerprint density at radius 2 is 1.71 bits per heavy atom. The highest BCUT2D eigenvalue weighted by Crippen LogP contribution is 2.32. The summed E-state index contributed by atoms with van der Waals surface area (Å²) in [5.74, 6) is 0.569. The average Bonchev–Trinajstić information content (AvgIpc) is 2.46. The van der Waals surface area contributed by atoms with Crippen LogP contribution in [0.15, 0.2) is 29.2 Å². The highest BCUT2D eigenvalue weighted by Gasteiger charge is 2.20. The van der Waals surface area contributed by atoms with Crippen LogP contribution in [0.5, 0.6) is 0 Å². The zero-order valence-corrected chi connectivity index (χ0v) is 13.6. The lowest BCUT2D eigenvalue weighted by Gasteiger charge is -2.22. The van der Waals surface area contributed by atoms with Crippen LogP contribution < -0.4 is 4.72 Å². The summed E-state index contributed by atoms with van der Waals surface area (Å²) in [5.41, 5.74) is 0.172. The fourth-order valence-electron chi connectivity index (χ4n) is 2.71. The molecule has 0 amide bonds. The minimum absolute atomic E-state index is 0.000288. The lowest BCUT2D eigenvalue weighted by molar-refractivity contribution is 0.0857. The second-order valence-electron chi connectivity index (χ2n) is 6.54. The Hall–Kier alpha value is -0.910. The second kappa shape index (κ2) is 6.46. The van der Waals surface area contributed by atoms with Gasteiger partial charge < -0.3 is 5.11 Å². The average molecular weight is 311 g/mol. The Bertz CT molecular complexity index is 552. The van der Waals surface area contributed by atoms with Crippen LogP contribution in [0, 0.1) is 0 Å². The molecule has 0 atom stereocenters. The molecule has 0 aromatic heterocycles. The maximum Gasteiger partial charge on any atom is 0.240 e. The first kappa shape index (κ1) is 16.5. The molecule has 0 heterocycles. The maximum atomic E-state index is 12.1. The SMILES string of the molecule is CC(C)(O)CNS(=O)(=O)c1ccc(C2CCCCC2)cc1. The van der Waals surface area contributed by atoms with Gasteiger partial charge in [0, 0.05) is 6.54 Å². The molecule has 0 unspecified atom stereocenters. The van der Waals surface area contributed by atoms with Gasteiger partial charge in [-0.25, -0.2) is 13.1 Å². The number of nitrogens with one attached hydrogen (secondary N) is 1. The molecule has 0 spiro atoms. The quantitative estimate of drug-likeness (QED) is 0.878. The van der Waals surface area contributed by atoms with Crippen molar-refractivity contribution in [2.75, 3.05) is 6.54 Å². The highest BCUT2D eigenvalue weighted by atomic mass is 32.2. The van der Waals surface area contributed by atoms with E-state index in [1.807, 2.05) is 12.1 Å². The summed E-state index contributed by atoms with van der Waals surface area (Å²) in [6.45, 7) is 3.14. The van der Waals surface area contributed by atoms with Gasteiger partial charge in [-0.2, -0.15) is 0 Å². The van der Waals surface area contributed by atoms with Gasteiger partial charge in [-0.3, -0.25) is 0 Å². The van der Waals surface area contributed by atoms with E-state index in [4.69, 9.17) is 0 Å². The number of hydrogen-bond acceptors (Lipinski definition) is 3. The Balaban J connectivity index is 2.07. The van der Waals surface area contributed by atoms with Gasteiger partial charge in [0.25, 0.3) is 0 Å². The van der Waals surface area contributed by atoms with Crippen molar-refractivity contribution >= 4 is 10.0 Å². The molecule has 4 nitrogen and oxygen atoms in total. The summed E-state index contributed by atoms with van der Waals surface area (Å²) in [6.07, 6.45) is 6.23. The van der Waals surface area contributed by atoms with Crippen LogP contribution in [0.4, 0.5) is 0 Å². The summed E-state index contributed by atoms with van der Waals surface area (Å²) < 4.78 is 26.7. The Labute approximate surface area is 127 Å². The number of hydrogen-bond donors (Lipinski definition) is 2. The molecule has 1 aromatic rings. The smallest absolute Gasteiger partial charge is 0.240 e. The van der Waals surface area contributed by atoms with Crippen molar-refractivity contribution in [1.29, 1.82) is 0 Å². The zero-order chi connectivity index (χ0) is 15.5. The van der Waals surface area contributed by atoms with Crippen LogP contribution in [0.1, 0.15) is 57.4 Å². The standard InChI is InChI=1S/C16H25NO3S/c1-16(2,18)12-17-21(19,20)15-10-8-14(9-11-15)13-6-4-3-5-7-13/h8-11,13,17-18H,3-7,12H2,1-2H3. The van der Waals surface area contributed by atoms with Gasteiger partial charge in [-0.1, -0.05) is 31.4 Å². The van der Waals surface area contributed by atoms with E-state index < -0.39 is 15.6 Å². The van der Waals surface area contributed by atoms with Crippen molar-refractivity contribution in [1.82, 2.24) is 4.72 Å². The molecular weight excluding hydrogens is 286 g/mol. The number of benzene rings is 1. The molecule has 0 bridgehead atoms. The van der Waals surface area contributed by atoms with E-state index in [0.717, 1.165) is 0 Å². The van der Waals surface area contributed by atoms with Crippen LogP contribution in [-0.4, -0.2) is 25.7 Å². The molecule has 0 radical (unpaired) electrons. The van der Waals surface area contributed by atoms with Crippen LogP contribution >= 0.6 is 0 Å². The molecule has 118 valence electrons. The van der Waals surface area contributed by atoms with E-state index in [2.05, 4.69) is 4.72 Å². The molecule has 1 aliphatic rings. The summed E-state index contributed by atoms with van der Waals surface area (Å²) in [7, 11) is -3.55. The molecular formula is C16H25NO3S. The van der Waals surface area contributed by atoms with E-state index in [9.17, 15) is 13.5 Å². The lowest BCUT2D eigenvalue weighted by Crippen LogP contribution is -2.38. The van der Waals surface area contributed by atoms with Crippen LogP contribution in [0.2, 0.25) is 0 Å². The van der Waals surface area contributed by atoms with Gasteiger partial charge in [-0.05, 0) is 50.3 Å². The minimum atomic E-state index is -3.55. The molecule has 0 aliphatic heterocycles. The second-order valence-corrected chi connectivity index (χ2v) is 8.31. The summed E-state index contributed by atoms with van der Waals surface area (Å²) in [4.78, 5) is 0.256. The van der Waals surface area contributed by atoms with E-state index in [0.29, 0.717) is 5.92 Å². The van der Waals surface area contributed by atoms with Gasteiger partial charge in [0.2, 0.25) is 10.0 Å². The van der Waals surface area contributed by atoms with Crippen molar-refractivity contribution in [2.24, 2.45) is 0 Å². The van der Waals surface area contributed by atoms with E-state index >= 15 is 0 Å². The summed E-state index contributed by atoms with van der Waals surface area (Å²) in [5, 5.41) is 9.62. The third kappa shape index (κ3) is 4.80. The van der Waals surface area contributed by atoms with Crippen molar-refractivity contribution in [3.63, 3.8) is 0 Å². The largest absolute Gasteiger partial charge is 0.389 e. The first-order valence-electron chi connectivity index (χ1n) is 7.60. The van der Waals surface area contributed by atoms with Gasteiger partial charge in [-0.15, -0.1) is 0 Å². The zero-order valence-electron chi connectivity index (χ0n) is 12.8. The highest BCUT2D eigenvalue weighted by molar-refractivity contribution is 7.89. The van der Waals surface area contributed by atoms with Gasteiger partial charge in [0.1, 0.15) is 0 Å². The van der Waals surface area contributed by atoms with E-state index in [1.54, 1.807) is 26.0 Å². The summed E-state index contributed by atoms with van der Waals surface area (Å²) in [6, 6.07) is 7.18. The summed E-state index contributed by atoms with van der Waals surface area (Å²) >= 11 is 0. The molecule has 2 rings (SSSR count). The molecule has 1 aliphatic carbocycles. The van der Waals surface area contributed by atoms with Crippen LogP contribution in [0.3, 0.4) is 0 Å². The first-order chi connectivity index (χ1) is 9.78. The first-order valence-corrected chi connectivity index (χ1v) is 9.08. The molecule has 2 N–H and O–H groups in total. The van der Waals surface area contributed by atoms with Crippen LogP contribution in [-0.2, 0) is 10.0 Å². The fourth-order valence-corrected chi connectivity index (χ4v) is 3.91. The van der Waals surface area contributed by atoms with E-state index in [1.165, 1.54) is 37.7 Å². The monoisotopic (exact) mass is 311 g/mol. The predicted octanol–water partition coefficient (Wildman–Crippen LogP) is 2.78. The fraction of sp³-hybridized carbons (Fsp3) is 0.625. The van der Waals surface area contributed by atoms with Crippen molar-refractivity contribution < 1.29 is 13.5 Å². The topological polar surface area (TPSA) is 66.4 Å². The lowest BCUT2D eigenvalue weighted by atomic mass is 9.84. The Morgan fingerprint density at radius 3 is 2.24 bits per heavy atom. The minimum Gasteiger partial charge on any atom is -0.389 e. The van der Waals surface area contributed by atoms with Crippen molar-refractivity contribution in [3.8, 4) is 0 Å². The molecule has 5 heteroatoms. The number of rotatable bonds is 5.